The van der Waals surface area contributed by atoms with Crippen LogP contribution in [0.5, 0.6) is 0 Å². The Kier molecular flexibility index (Phi) is 6.51. The first-order valence-corrected chi connectivity index (χ1v) is 6.88. The molecule has 2 N–H and O–H groups in total. The molecule has 21 heavy (non-hydrogen) atoms. The summed E-state index contributed by atoms with van der Waals surface area (Å²) in [6.07, 6.45) is 3.69. The van der Waals surface area contributed by atoms with E-state index in [4.69, 9.17) is 4.74 Å². The number of carbonyl (C=O) groups is 1. The Hall–Kier alpha value is -1.24. The lowest BCUT2D eigenvalue weighted by Crippen LogP contribution is -2.43. The van der Waals surface area contributed by atoms with Gasteiger partial charge in [-0.15, -0.1) is 12.4 Å². The molecule has 1 saturated heterocycles. The van der Waals surface area contributed by atoms with E-state index < -0.39 is 0 Å². The third-order valence-electron chi connectivity index (χ3n) is 3.04. The highest BCUT2D eigenvalue weighted by molar-refractivity contribution is 5.90. The van der Waals surface area contributed by atoms with Gasteiger partial charge in [0.1, 0.15) is 5.82 Å². The molecule has 1 unspecified atom stereocenters. The summed E-state index contributed by atoms with van der Waals surface area (Å²) in [5, 5.41) is 6.06. The van der Waals surface area contributed by atoms with Crippen LogP contribution in [0.2, 0.25) is 0 Å². The summed E-state index contributed by atoms with van der Waals surface area (Å²) in [7, 11) is 0. The monoisotopic (exact) mass is 314 g/mol. The highest BCUT2D eigenvalue weighted by atomic mass is 35.5. The summed E-state index contributed by atoms with van der Waals surface area (Å²) in [6.45, 7) is 8.23. The molecule has 1 atom stereocenters. The molecule has 1 aliphatic rings. The third kappa shape index (κ3) is 5.57. The molecule has 1 fully saturated rings. The van der Waals surface area contributed by atoms with E-state index in [0.717, 1.165) is 12.4 Å². The summed E-state index contributed by atoms with van der Waals surface area (Å²) < 4.78 is 5.32. The molecule has 0 bridgehead atoms. The van der Waals surface area contributed by atoms with Crippen molar-refractivity contribution in [2.75, 3.05) is 25.1 Å². The molecule has 0 aromatic carbocycles. The van der Waals surface area contributed by atoms with Gasteiger partial charge in [-0.25, -0.2) is 9.97 Å². The molecule has 2 heterocycles. The van der Waals surface area contributed by atoms with Crippen LogP contribution in [0.25, 0.3) is 0 Å². The number of nitrogens with one attached hydrogen (secondary N) is 2. The van der Waals surface area contributed by atoms with Gasteiger partial charge in [-0.05, 0) is 0 Å². The molecular formula is C14H23ClN4O2. The Bertz CT molecular complexity index is 453. The molecule has 0 spiro atoms. The Morgan fingerprint density at radius 1 is 1.43 bits per heavy atom. The fourth-order valence-electron chi connectivity index (χ4n) is 1.97. The molecular weight excluding hydrogens is 292 g/mol. The summed E-state index contributed by atoms with van der Waals surface area (Å²) in [6, 6.07) is 0.0820. The Morgan fingerprint density at radius 2 is 2.10 bits per heavy atom. The molecule has 6 nitrogen and oxygen atoms in total. The zero-order chi connectivity index (χ0) is 14.6. The van der Waals surface area contributed by atoms with Crippen LogP contribution >= 0.6 is 12.4 Å². The number of hydrogen-bond donors (Lipinski definition) is 2. The van der Waals surface area contributed by atoms with Gasteiger partial charge in [0, 0.05) is 24.4 Å². The van der Waals surface area contributed by atoms with Crippen molar-refractivity contribution in [3.8, 4) is 0 Å². The van der Waals surface area contributed by atoms with Crippen molar-refractivity contribution in [1.29, 1.82) is 0 Å². The number of hydrogen-bond acceptors (Lipinski definition) is 5. The van der Waals surface area contributed by atoms with E-state index in [1.807, 2.05) is 0 Å². The fraction of sp³-hybridized carbons (Fsp3) is 0.643. The van der Waals surface area contributed by atoms with Gasteiger partial charge < -0.3 is 15.4 Å². The molecule has 1 aromatic rings. The number of rotatable bonds is 3. The third-order valence-corrected chi connectivity index (χ3v) is 3.04. The lowest BCUT2D eigenvalue weighted by molar-refractivity contribution is -0.117. The van der Waals surface area contributed by atoms with Gasteiger partial charge in [-0.2, -0.15) is 0 Å². The summed E-state index contributed by atoms with van der Waals surface area (Å²) in [5.74, 6) is 0.706. The van der Waals surface area contributed by atoms with Crippen LogP contribution < -0.4 is 10.6 Å². The number of ether oxygens (including phenoxy) is 1. The van der Waals surface area contributed by atoms with E-state index in [1.54, 1.807) is 12.4 Å². The second kappa shape index (κ2) is 7.68. The standard InChI is InChI=1S/C14H22N4O2.ClH/c1-14(2,3)13-16-7-11(8-17-13)18-12(19)6-10-9-20-5-4-15-10;/h7-8,10,15H,4-6,9H2,1-3H3,(H,18,19);1H. The van der Waals surface area contributed by atoms with Crippen molar-refractivity contribution in [2.24, 2.45) is 0 Å². The van der Waals surface area contributed by atoms with Gasteiger partial charge >= 0.3 is 0 Å². The second-order valence-electron chi connectivity index (χ2n) is 6.02. The Morgan fingerprint density at radius 3 is 2.62 bits per heavy atom. The second-order valence-corrected chi connectivity index (χ2v) is 6.02. The topological polar surface area (TPSA) is 76.1 Å². The lowest BCUT2D eigenvalue weighted by atomic mass is 9.96. The van der Waals surface area contributed by atoms with E-state index >= 15 is 0 Å². The molecule has 0 saturated carbocycles. The molecule has 7 heteroatoms. The average molecular weight is 315 g/mol. The predicted molar refractivity (Wildman–Crippen MR) is 83.8 cm³/mol. The molecule has 2 rings (SSSR count). The minimum absolute atomic E-state index is 0. The molecule has 118 valence electrons. The van der Waals surface area contributed by atoms with E-state index in [0.29, 0.717) is 25.3 Å². The zero-order valence-electron chi connectivity index (χ0n) is 12.7. The van der Waals surface area contributed by atoms with Crippen LogP contribution in [0.15, 0.2) is 12.4 Å². The predicted octanol–water partition coefficient (Wildman–Crippen LogP) is 1.51. The summed E-state index contributed by atoms with van der Waals surface area (Å²) in [4.78, 5) is 20.5. The molecule has 1 aromatic heterocycles. The zero-order valence-corrected chi connectivity index (χ0v) is 13.5. The van der Waals surface area contributed by atoms with Crippen LogP contribution in [0.1, 0.15) is 33.0 Å². The van der Waals surface area contributed by atoms with Crippen LogP contribution in [0.3, 0.4) is 0 Å². The van der Waals surface area contributed by atoms with Gasteiger partial charge in [0.05, 0.1) is 31.3 Å². The number of aromatic nitrogens is 2. The minimum atomic E-state index is -0.0914. The van der Waals surface area contributed by atoms with E-state index in [2.05, 4.69) is 41.4 Å². The van der Waals surface area contributed by atoms with Crippen molar-refractivity contribution in [3.05, 3.63) is 18.2 Å². The number of nitrogens with zero attached hydrogens (tertiary/aromatic N) is 2. The van der Waals surface area contributed by atoms with Crippen molar-refractivity contribution in [3.63, 3.8) is 0 Å². The highest BCUT2D eigenvalue weighted by Crippen LogP contribution is 2.18. The van der Waals surface area contributed by atoms with Crippen LogP contribution in [0, 0.1) is 0 Å². The first-order chi connectivity index (χ1) is 9.45. The maximum Gasteiger partial charge on any atom is 0.226 e. The van der Waals surface area contributed by atoms with Gasteiger partial charge in [-0.3, -0.25) is 4.79 Å². The van der Waals surface area contributed by atoms with E-state index in [-0.39, 0.29) is 29.8 Å². The summed E-state index contributed by atoms with van der Waals surface area (Å²) in [5.41, 5.74) is 0.533. The first kappa shape index (κ1) is 17.8. The average Bonchev–Trinajstić information content (AvgIpc) is 2.39. The quantitative estimate of drug-likeness (QED) is 0.884. The molecule has 0 radical (unpaired) electrons. The largest absolute Gasteiger partial charge is 0.378 e. The maximum absolute atomic E-state index is 11.9. The van der Waals surface area contributed by atoms with Gasteiger partial charge in [0.25, 0.3) is 0 Å². The minimum Gasteiger partial charge on any atom is -0.378 e. The molecule has 0 aliphatic carbocycles. The Labute approximate surface area is 131 Å². The molecule has 1 aliphatic heterocycles. The first-order valence-electron chi connectivity index (χ1n) is 6.88. The van der Waals surface area contributed by atoms with Crippen molar-refractivity contribution < 1.29 is 9.53 Å². The van der Waals surface area contributed by atoms with E-state index in [1.165, 1.54) is 0 Å². The fourth-order valence-corrected chi connectivity index (χ4v) is 1.97. The smallest absolute Gasteiger partial charge is 0.226 e. The SMILES string of the molecule is CC(C)(C)c1ncc(NC(=O)CC2COCCN2)cn1.Cl. The summed E-state index contributed by atoms with van der Waals surface area (Å²) >= 11 is 0. The van der Waals surface area contributed by atoms with Gasteiger partial charge in [0.2, 0.25) is 5.91 Å². The van der Waals surface area contributed by atoms with Crippen molar-refractivity contribution in [2.45, 2.75) is 38.6 Å². The number of anilines is 1. The van der Waals surface area contributed by atoms with Gasteiger partial charge in [0.15, 0.2) is 0 Å². The van der Waals surface area contributed by atoms with Crippen molar-refractivity contribution in [1.82, 2.24) is 15.3 Å². The maximum atomic E-state index is 11.9. The number of halogens is 1. The van der Waals surface area contributed by atoms with Crippen molar-refractivity contribution >= 4 is 24.0 Å². The van der Waals surface area contributed by atoms with Crippen LogP contribution in [-0.2, 0) is 14.9 Å². The van der Waals surface area contributed by atoms with Crippen LogP contribution in [-0.4, -0.2) is 41.7 Å². The Balaban J connectivity index is 0.00000220. The van der Waals surface area contributed by atoms with Gasteiger partial charge in [-0.1, -0.05) is 20.8 Å². The number of amides is 1. The lowest BCUT2D eigenvalue weighted by Gasteiger charge is -2.23. The number of morpholine rings is 1. The molecule has 1 amide bonds. The number of carbonyl (C=O) groups excluding carboxylic acids is 1. The highest BCUT2D eigenvalue weighted by Gasteiger charge is 2.18. The normalized spacial score (nSPS) is 18.7. The van der Waals surface area contributed by atoms with Crippen LogP contribution in [0.4, 0.5) is 5.69 Å². The van der Waals surface area contributed by atoms with E-state index in [9.17, 15) is 4.79 Å².